The van der Waals surface area contributed by atoms with Gasteiger partial charge < -0.3 is 38.3 Å². The van der Waals surface area contributed by atoms with Gasteiger partial charge in [0.1, 0.15) is 18.1 Å². The molecule has 0 aliphatic heterocycles. The maximum absolute atomic E-state index is 12.9. The van der Waals surface area contributed by atoms with E-state index in [4.69, 9.17) is 17.2 Å². The van der Waals surface area contributed by atoms with Crippen LogP contribution < -0.4 is 33.2 Å². The van der Waals surface area contributed by atoms with Gasteiger partial charge in [0.15, 0.2) is 5.96 Å². The summed E-state index contributed by atoms with van der Waals surface area (Å²) < 4.78 is 0. The van der Waals surface area contributed by atoms with Crippen molar-refractivity contribution in [2.75, 3.05) is 12.3 Å². The summed E-state index contributed by atoms with van der Waals surface area (Å²) in [6.45, 7) is 1.69. The summed E-state index contributed by atoms with van der Waals surface area (Å²) >= 11 is 4.11. The summed E-state index contributed by atoms with van der Waals surface area (Å²) in [6.07, 6.45) is 0.552. The van der Waals surface area contributed by atoms with E-state index in [1.807, 2.05) is 6.07 Å². The van der Waals surface area contributed by atoms with Crippen molar-refractivity contribution in [1.82, 2.24) is 16.0 Å². The second-order valence-corrected chi connectivity index (χ2v) is 8.00. The molecule has 34 heavy (non-hydrogen) atoms. The van der Waals surface area contributed by atoms with Gasteiger partial charge in [-0.3, -0.25) is 19.4 Å². The Morgan fingerprint density at radius 3 is 2.06 bits per heavy atom. The van der Waals surface area contributed by atoms with Crippen LogP contribution in [0.4, 0.5) is 0 Å². The zero-order valence-electron chi connectivity index (χ0n) is 18.9. The zero-order chi connectivity index (χ0) is 25.7. The number of hydrogen-bond donors (Lipinski definition) is 8. The lowest BCUT2D eigenvalue weighted by molar-refractivity contribution is -0.142. The molecule has 0 fully saturated rings. The van der Waals surface area contributed by atoms with Crippen LogP contribution in [0, 0.1) is 0 Å². The molecule has 188 valence electrons. The lowest BCUT2D eigenvalue weighted by Gasteiger charge is -2.24. The average molecular weight is 496 g/mol. The molecule has 0 bridgehead atoms. The number of hydrogen-bond acceptors (Lipinski definition) is 7. The monoisotopic (exact) mass is 495 g/mol. The number of carbonyl (C=O) groups is 4. The summed E-state index contributed by atoms with van der Waals surface area (Å²) in [5.41, 5.74) is 16.9. The lowest BCUT2D eigenvalue weighted by Crippen LogP contribution is -2.58. The van der Waals surface area contributed by atoms with Crippen LogP contribution in [-0.4, -0.2) is 71.2 Å². The third kappa shape index (κ3) is 10.5. The Morgan fingerprint density at radius 2 is 1.53 bits per heavy atom. The van der Waals surface area contributed by atoms with Crippen LogP contribution >= 0.6 is 12.6 Å². The highest BCUT2D eigenvalue weighted by Gasteiger charge is 2.29. The van der Waals surface area contributed by atoms with Crippen molar-refractivity contribution < 1.29 is 24.3 Å². The van der Waals surface area contributed by atoms with Gasteiger partial charge in [-0.15, -0.1) is 0 Å². The van der Waals surface area contributed by atoms with E-state index in [1.54, 1.807) is 24.3 Å². The van der Waals surface area contributed by atoms with Crippen molar-refractivity contribution >= 4 is 42.3 Å². The second-order valence-electron chi connectivity index (χ2n) is 7.63. The average Bonchev–Trinajstić information content (AvgIpc) is 2.78. The van der Waals surface area contributed by atoms with Crippen molar-refractivity contribution in [2.24, 2.45) is 22.2 Å². The second kappa shape index (κ2) is 14.8. The zero-order valence-corrected chi connectivity index (χ0v) is 19.8. The van der Waals surface area contributed by atoms with Gasteiger partial charge in [-0.05, 0) is 25.3 Å². The normalized spacial score (nSPS) is 14.1. The van der Waals surface area contributed by atoms with Crippen molar-refractivity contribution in [3.8, 4) is 0 Å². The summed E-state index contributed by atoms with van der Waals surface area (Å²) in [6, 6.07) is 4.79. The largest absolute Gasteiger partial charge is 0.480 e. The molecule has 3 amide bonds. The molecule has 4 unspecified atom stereocenters. The maximum atomic E-state index is 12.9. The molecular formula is C21H33N7O5S. The minimum Gasteiger partial charge on any atom is -0.480 e. The van der Waals surface area contributed by atoms with E-state index in [0.29, 0.717) is 6.42 Å². The van der Waals surface area contributed by atoms with Crippen molar-refractivity contribution in [1.29, 1.82) is 0 Å². The van der Waals surface area contributed by atoms with E-state index in [2.05, 4.69) is 33.6 Å². The lowest BCUT2D eigenvalue weighted by atomic mass is 10.0. The van der Waals surface area contributed by atoms with E-state index in [1.165, 1.54) is 6.92 Å². The van der Waals surface area contributed by atoms with Crippen LogP contribution in [0.25, 0.3) is 0 Å². The molecule has 13 heteroatoms. The number of aliphatic imine (C=N–C) groups is 1. The first kappa shape index (κ1) is 28.7. The molecule has 1 aromatic carbocycles. The van der Waals surface area contributed by atoms with Crippen LogP contribution in [0.15, 0.2) is 35.3 Å². The van der Waals surface area contributed by atoms with E-state index in [0.717, 1.165) is 5.56 Å². The number of amides is 3. The minimum atomic E-state index is -1.24. The first-order valence-corrected chi connectivity index (χ1v) is 11.3. The highest BCUT2D eigenvalue weighted by Crippen LogP contribution is 2.05. The maximum Gasteiger partial charge on any atom is 0.326 e. The molecule has 0 radical (unpaired) electrons. The predicted molar refractivity (Wildman–Crippen MR) is 131 cm³/mol. The number of nitrogens with zero attached hydrogens (tertiary/aromatic N) is 1. The highest BCUT2D eigenvalue weighted by molar-refractivity contribution is 7.80. The molecule has 12 nitrogen and oxygen atoms in total. The van der Waals surface area contributed by atoms with E-state index in [9.17, 15) is 24.3 Å². The predicted octanol–water partition coefficient (Wildman–Crippen LogP) is -1.90. The summed E-state index contributed by atoms with van der Waals surface area (Å²) in [5, 5.41) is 16.9. The Bertz CT molecular complexity index is 862. The van der Waals surface area contributed by atoms with Gasteiger partial charge in [0, 0.05) is 18.7 Å². The number of nitrogens with one attached hydrogen (secondary N) is 3. The number of aliphatic carboxylic acids is 1. The highest BCUT2D eigenvalue weighted by atomic mass is 32.1. The Labute approximate surface area is 203 Å². The molecule has 0 aliphatic carbocycles. The van der Waals surface area contributed by atoms with E-state index < -0.39 is 47.9 Å². The molecule has 0 saturated carbocycles. The van der Waals surface area contributed by atoms with Crippen molar-refractivity contribution in [3.63, 3.8) is 0 Å². The number of guanidine groups is 1. The van der Waals surface area contributed by atoms with Crippen LogP contribution in [0.5, 0.6) is 0 Å². The first-order chi connectivity index (χ1) is 16.0. The molecule has 0 aliphatic rings. The van der Waals surface area contributed by atoms with Gasteiger partial charge in [-0.25, -0.2) is 4.79 Å². The summed E-state index contributed by atoms with van der Waals surface area (Å²) in [5.74, 6) is -3.35. The molecule has 0 saturated heterocycles. The fourth-order valence-corrected chi connectivity index (χ4v) is 3.12. The Morgan fingerprint density at radius 1 is 0.971 bits per heavy atom. The smallest absolute Gasteiger partial charge is 0.326 e. The van der Waals surface area contributed by atoms with Gasteiger partial charge in [0.25, 0.3) is 0 Å². The quantitative estimate of drug-likeness (QED) is 0.0629. The number of carboxylic acids is 1. The number of thiol groups is 1. The molecular weight excluding hydrogens is 462 g/mol. The SMILES string of the molecule is CC(N)C(=O)NC(Cc1ccccc1)C(=O)NC(CS)C(=O)NC(CCCN=C(N)N)C(=O)O. The van der Waals surface area contributed by atoms with Gasteiger partial charge in [-0.1, -0.05) is 30.3 Å². The topological polar surface area (TPSA) is 215 Å². The van der Waals surface area contributed by atoms with Crippen molar-refractivity contribution in [3.05, 3.63) is 35.9 Å². The molecule has 1 aromatic rings. The standard InChI is InChI=1S/C21H33N7O5S/c1-12(22)17(29)27-15(10-13-6-3-2-4-7-13)18(30)28-16(11-34)19(31)26-14(20(32)33)8-5-9-25-21(23)24/h2-4,6-7,12,14-16,34H,5,8-11,22H2,1H3,(H,26,31)(H,27,29)(H,28,30)(H,32,33)(H4,23,24,25). The van der Waals surface area contributed by atoms with Crippen molar-refractivity contribution in [2.45, 2.75) is 50.4 Å². The fourth-order valence-electron chi connectivity index (χ4n) is 2.86. The number of carbonyl (C=O) groups excluding carboxylic acids is 3. The summed E-state index contributed by atoms with van der Waals surface area (Å²) in [7, 11) is 0. The third-order valence-electron chi connectivity index (χ3n) is 4.70. The third-order valence-corrected chi connectivity index (χ3v) is 5.07. The Kier molecular flexibility index (Phi) is 12.5. The fraction of sp³-hybridized carbons (Fsp3) is 0.476. The molecule has 10 N–H and O–H groups in total. The van der Waals surface area contributed by atoms with Crippen LogP contribution in [0.2, 0.25) is 0 Å². The first-order valence-electron chi connectivity index (χ1n) is 10.6. The van der Waals surface area contributed by atoms with Gasteiger partial charge in [0.05, 0.1) is 6.04 Å². The van der Waals surface area contributed by atoms with E-state index in [-0.39, 0.29) is 31.1 Å². The summed E-state index contributed by atoms with van der Waals surface area (Å²) in [4.78, 5) is 53.0. The number of benzene rings is 1. The Balaban J connectivity index is 2.86. The van der Waals surface area contributed by atoms with Gasteiger partial charge >= 0.3 is 5.97 Å². The molecule has 1 rings (SSSR count). The van der Waals surface area contributed by atoms with Crippen LogP contribution in [0.3, 0.4) is 0 Å². The molecule has 0 heterocycles. The van der Waals surface area contributed by atoms with Gasteiger partial charge in [0.2, 0.25) is 17.7 Å². The van der Waals surface area contributed by atoms with Crippen LogP contribution in [0.1, 0.15) is 25.3 Å². The molecule has 0 aromatic heterocycles. The van der Waals surface area contributed by atoms with Crippen LogP contribution in [-0.2, 0) is 25.6 Å². The molecule has 0 spiro atoms. The number of rotatable bonds is 14. The number of nitrogens with two attached hydrogens (primary N) is 3. The Hall–Kier alpha value is -3.32. The van der Waals surface area contributed by atoms with E-state index >= 15 is 0 Å². The minimum absolute atomic E-state index is 0.0756. The van der Waals surface area contributed by atoms with Gasteiger partial charge in [-0.2, -0.15) is 12.6 Å². The number of carboxylic acid groups (broad SMARTS) is 1. The molecule has 4 atom stereocenters.